The first-order valence-electron chi connectivity index (χ1n) is 5.95. The van der Waals surface area contributed by atoms with Gasteiger partial charge in [-0.2, -0.15) is 5.10 Å². The molecule has 0 radical (unpaired) electrons. The van der Waals surface area contributed by atoms with Crippen LogP contribution in [0.2, 0.25) is 0 Å². The smallest absolute Gasteiger partial charge is 0.324 e. The molecule has 0 atom stereocenters. The van der Waals surface area contributed by atoms with Crippen LogP contribution in [0.3, 0.4) is 0 Å². The van der Waals surface area contributed by atoms with Crippen LogP contribution in [0.4, 0.5) is 10.7 Å². The zero-order valence-corrected chi connectivity index (χ0v) is 12.7. The molecule has 2 rings (SSSR count). The van der Waals surface area contributed by atoms with Gasteiger partial charge in [0, 0.05) is 11.8 Å². The first kappa shape index (κ1) is 15.1. The SMILES string of the molecule is Cc1ccc(NC(=S)N/N=C\c2ccc([N+](=O)[O-])s2)cc1. The van der Waals surface area contributed by atoms with Gasteiger partial charge in [-0.05, 0) is 37.3 Å². The summed E-state index contributed by atoms with van der Waals surface area (Å²) in [5.41, 5.74) is 4.68. The minimum atomic E-state index is -0.432. The molecule has 0 saturated heterocycles. The molecule has 0 spiro atoms. The van der Waals surface area contributed by atoms with Gasteiger partial charge in [0.1, 0.15) is 0 Å². The predicted octanol–water partition coefficient (Wildman–Crippen LogP) is 3.29. The van der Waals surface area contributed by atoms with Gasteiger partial charge in [0.2, 0.25) is 0 Å². The predicted molar refractivity (Wildman–Crippen MR) is 89.1 cm³/mol. The van der Waals surface area contributed by atoms with Crippen molar-refractivity contribution in [2.24, 2.45) is 5.10 Å². The fourth-order valence-electron chi connectivity index (χ4n) is 1.46. The minimum Gasteiger partial charge on any atom is -0.331 e. The van der Waals surface area contributed by atoms with Crippen LogP contribution in [0.1, 0.15) is 10.4 Å². The van der Waals surface area contributed by atoms with Gasteiger partial charge in [-0.25, -0.2) is 0 Å². The van der Waals surface area contributed by atoms with E-state index in [2.05, 4.69) is 15.8 Å². The van der Waals surface area contributed by atoms with E-state index in [1.807, 2.05) is 31.2 Å². The van der Waals surface area contributed by atoms with Crippen LogP contribution in [-0.2, 0) is 0 Å². The van der Waals surface area contributed by atoms with E-state index in [1.165, 1.54) is 12.3 Å². The Kier molecular flexibility index (Phi) is 4.96. The standard InChI is InChI=1S/C13H12N4O2S2/c1-9-2-4-10(5-3-9)15-13(20)16-14-8-11-6-7-12(21-11)17(18)19/h2-8H,1H3,(H2,15,16,20)/b14-8-. The number of rotatable bonds is 4. The van der Waals surface area contributed by atoms with Gasteiger partial charge in [0.25, 0.3) is 0 Å². The molecule has 1 aromatic heterocycles. The second-order valence-corrected chi connectivity index (χ2v) is 5.63. The molecule has 0 saturated carbocycles. The van der Waals surface area contributed by atoms with Gasteiger partial charge in [0.15, 0.2) is 5.11 Å². The average Bonchev–Trinajstić information content (AvgIpc) is 2.90. The van der Waals surface area contributed by atoms with Gasteiger partial charge < -0.3 is 5.32 Å². The van der Waals surface area contributed by atoms with Gasteiger partial charge in [-0.15, -0.1) is 0 Å². The number of thiocarbonyl (C=S) groups is 1. The molecule has 0 fully saturated rings. The molecule has 108 valence electrons. The van der Waals surface area contributed by atoms with Gasteiger partial charge in [0.05, 0.1) is 16.0 Å². The van der Waals surface area contributed by atoms with E-state index in [9.17, 15) is 10.1 Å². The summed E-state index contributed by atoms with van der Waals surface area (Å²) in [6.07, 6.45) is 1.49. The van der Waals surface area contributed by atoms with Crippen LogP contribution in [-0.4, -0.2) is 16.3 Å². The topological polar surface area (TPSA) is 79.6 Å². The lowest BCUT2D eigenvalue weighted by Crippen LogP contribution is -2.23. The number of nitrogens with zero attached hydrogens (tertiary/aromatic N) is 2. The Labute approximate surface area is 130 Å². The molecule has 1 heterocycles. The second-order valence-electron chi connectivity index (χ2n) is 4.12. The number of thiophene rings is 1. The maximum atomic E-state index is 10.5. The molecule has 1 aromatic carbocycles. The van der Waals surface area contributed by atoms with Gasteiger partial charge in [-0.3, -0.25) is 15.5 Å². The third-order valence-corrected chi connectivity index (χ3v) is 3.62. The molecular weight excluding hydrogens is 308 g/mol. The van der Waals surface area contributed by atoms with Crippen molar-refractivity contribution in [2.45, 2.75) is 6.92 Å². The molecular formula is C13H12N4O2S2. The molecule has 21 heavy (non-hydrogen) atoms. The highest BCUT2D eigenvalue weighted by Gasteiger charge is 2.07. The zero-order valence-electron chi connectivity index (χ0n) is 11.1. The lowest BCUT2D eigenvalue weighted by atomic mass is 10.2. The Morgan fingerprint density at radius 2 is 2.05 bits per heavy atom. The number of aryl methyl sites for hydroxylation is 1. The molecule has 8 heteroatoms. The number of hydrazone groups is 1. The zero-order chi connectivity index (χ0) is 15.2. The van der Waals surface area contributed by atoms with E-state index in [-0.39, 0.29) is 5.00 Å². The summed E-state index contributed by atoms with van der Waals surface area (Å²) in [5, 5.41) is 17.9. The van der Waals surface area contributed by atoms with Crippen molar-refractivity contribution in [1.82, 2.24) is 5.43 Å². The highest BCUT2D eigenvalue weighted by atomic mass is 32.1. The fourth-order valence-corrected chi connectivity index (χ4v) is 2.32. The van der Waals surface area contributed by atoms with E-state index in [1.54, 1.807) is 6.07 Å². The highest BCUT2D eigenvalue weighted by molar-refractivity contribution is 7.80. The summed E-state index contributed by atoms with van der Waals surface area (Å²) in [5.74, 6) is 0. The van der Waals surface area contributed by atoms with Crippen LogP contribution in [0.5, 0.6) is 0 Å². The molecule has 0 aliphatic heterocycles. The Hall–Kier alpha value is -2.32. The lowest BCUT2D eigenvalue weighted by molar-refractivity contribution is -0.380. The van der Waals surface area contributed by atoms with E-state index in [0.29, 0.717) is 9.99 Å². The summed E-state index contributed by atoms with van der Waals surface area (Å²) in [6.45, 7) is 2.00. The molecule has 6 nitrogen and oxygen atoms in total. The average molecular weight is 320 g/mol. The summed E-state index contributed by atoms with van der Waals surface area (Å²) in [7, 11) is 0. The van der Waals surface area contributed by atoms with Crippen molar-refractivity contribution >= 4 is 45.6 Å². The third-order valence-electron chi connectivity index (χ3n) is 2.46. The maximum absolute atomic E-state index is 10.5. The van der Waals surface area contributed by atoms with Crippen molar-refractivity contribution in [1.29, 1.82) is 0 Å². The molecule has 0 bridgehead atoms. The largest absolute Gasteiger partial charge is 0.331 e. The van der Waals surface area contributed by atoms with Crippen LogP contribution in [0, 0.1) is 17.0 Å². The van der Waals surface area contributed by atoms with Crippen LogP contribution >= 0.6 is 23.6 Å². The van der Waals surface area contributed by atoms with E-state index >= 15 is 0 Å². The van der Waals surface area contributed by atoms with Crippen molar-refractivity contribution in [3.63, 3.8) is 0 Å². The van der Waals surface area contributed by atoms with Crippen LogP contribution in [0.15, 0.2) is 41.5 Å². The Morgan fingerprint density at radius 1 is 1.33 bits per heavy atom. The summed E-state index contributed by atoms with van der Waals surface area (Å²) in [4.78, 5) is 10.8. The summed E-state index contributed by atoms with van der Waals surface area (Å²) < 4.78 is 0. The normalized spacial score (nSPS) is 10.5. The molecule has 0 unspecified atom stereocenters. The van der Waals surface area contributed by atoms with Crippen molar-refractivity contribution in [3.05, 3.63) is 57.0 Å². The number of hydrogen-bond donors (Lipinski definition) is 2. The Bertz CT molecular complexity index is 680. The number of anilines is 1. The summed E-state index contributed by atoms with van der Waals surface area (Å²) >= 11 is 6.14. The van der Waals surface area contributed by atoms with E-state index in [0.717, 1.165) is 22.6 Å². The van der Waals surface area contributed by atoms with E-state index in [4.69, 9.17) is 12.2 Å². The molecule has 0 aliphatic rings. The van der Waals surface area contributed by atoms with Gasteiger partial charge >= 0.3 is 5.00 Å². The quantitative estimate of drug-likeness (QED) is 0.391. The van der Waals surface area contributed by atoms with Crippen LogP contribution < -0.4 is 10.7 Å². The Balaban J connectivity index is 1.86. The number of nitro groups is 1. The second kappa shape index (κ2) is 6.91. The summed E-state index contributed by atoms with van der Waals surface area (Å²) in [6, 6.07) is 10.8. The number of benzene rings is 1. The van der Waals surface area contributed by atoms with E-state index < -0.39 is 4.92 Å². The van der Waals surface area contributed by atoms with Crippen LogP contribution in [0.25, 0.3) is 0 Å². The minimum absolute atomic E-state index is 0.0804. The number of hydrogen-bond acceptors (Lipinski definition) is 5. The van der Waals surface area contributed by atoms with Crippen molar-refractivity contribution in [3.8, 4) is 0 Å². The Morgan fingerprint density at radius 3 is 2.67 bits per heavy atom. The van der Waals surface area contributed by atoms with Gasteiger partial charge in [-0.1, -0.05) is 29.0 Å². The number of nitrogens with one attached hydrogen (secondary N) is 2. The molecule has 2 aromatic rings. The molecule has 0 amide bonds. The van der Waals surface area contributed by atoms with Crippen molar-refractivity contribution in [2.75, 3.05) is 5.32 Å². The highest BCUT2D eigenvalue weighted by Crippen LogP contribution is 2.22. The first-order chi connectivity index (χ1) is 10.0. The monoisotopic (exact) mass is 320 g/mol. The maximum Gasteiger partial charge on any atom is 0.324 e. The fraction of sp³-hybridized carbons (Fsp3) is 0.0769. The lowest BCUT2D eigenvalue weighted by Gasteiger charge is -2.06. The third kappa shape index (κ3) is 4.62. The molecule has 2 N–H and O–H groups in total. The molecule has 0 aliphatic carbocycles. The first-order valence-corrected chi connectivity index (χ1v) is 7.18. The van der Waals surface area contributed by atoms with Crippen molar-refractivity contribution < 1.29 is 4.92 Å².